The smallest absolute Gasteiger partial charge is 0.261 e. The van der Waals surface area contributed by atoms with Crippen molar-refractivity contribution >= 4 is 21.6 Å². The molecule has 0 aliphatic heterocycles. The van der Waals surface area contributed by atoms with Crippen LogP contribution in [-0.4, -0.2) is 19.3 Å². The van der Waals surface area contributed by atoms with Crippen molar-refractivity contribution in [1.29, 1.82) is 0 Å². The topological polar surface area (TPSA) is 88.2 Å². The molecule has 8 heteroatoms. The van der Waals surface area contributed by atoms with Gasteiger partial charge in [0.15, 0.2) is 0 Å². The first-order valence-corrected chi connectivity index (χ1v) is 9.93. The normalized spacial score (nSPS) is 12.2. The van der Waals surface area contributed by atoms with E-state index in [-0.39, 0.29) is 22.5 Å². The van der Waals surface area contributed by atoms with Crippen LogP contribution >= 0.6 is 0 Å². The van der Waals surface area contributed by atoms with E-state index in [1.165, 1.54) is 42.5 Å². The van der Waals surface area contributed by atoms with Crippen LogP contribution in [0.4, 0.5) is 10.1 Å². The number of benzene rings is 2. The van der Waals surface area contributed by atoms with E-state index in [4.69, 9.17) is 0 Å². The maximum absolute atomic E-state index is 13.7. The first-order valence-electron chi connectivity index (χ1n) is 8.45. The number of amides is 1. The number of aromatic nitrogens is 1. The molecule has 0 fully saturated rings. The molecule has 0 spiro atoms. The molecule has 1 atom stereocenters. The van der Waals surface area contributed by atoms with Gasteiger partial charge in [0.25, 0.3) is 15.9 Å². The molecule has 0 aliphatic rings. The van der Waals surface area contributed by atoms with Crippen LogP contribution < -0.4 is 10.0 Å². The van der Waals surface area contributed by atoms with Crippen LogP contribution in [0.2, 0.25) is 0 Å². The number of carbonyl (C=O) groups excluding carboxylic acids is 1. The highest BCUT2D eigenvalue weighted by atomic mass is 32.2. The molecular formula is C20H18FN3O3S. The molecule has 0 unspecified atom stereocenters. The lowest BCUT2D eigenvalue weighted by Crippen LogP contribution is -2.26. The largest absolute Gasteiger partial charge is 0.346 e. The van der Waals surface area contributed by atoms with Gasteiger partial charge >= 0.3 is 0 Å². The summed E-state index contributed by atoms with van der Waals surface area (Å²) in [5.74, 6) is -1.01. The van der Waals surface area contributed by atoms with Gasteiger partial charge in [0.2, 0.25) is 0 Å². The number of halogens is 1. The summed E-state index contributed by atoms with van der Waals surface area (Å²) >= 11 is 0. The highest BCUT2D eigenvalue weighted by Crippen LogP contribution is 2.19. The van der Waals surface area contributed by atoms with Crippen LogP contribution in [0, 0.1) is 5.82 Å². The number of hydrogen-bond donors (Lipinski definition) is 2. The molecule has 28 heavy (non-hydrogen) atoms. The van der Waals surface area contributed by atoms with Gasteiger partial charge in [-0.1, -0.05) is 12.1 Å². The number of carbonyl (C=O) groups is 1. The van der Waals surface area contributed by atoms with Crippen molar-refractivity contribution in [3.8, 4) is 0 Å². The summed E-state index contributed by atoms with van der Waals surface area (Å²) in [7, 11) is -3.97. The third-order valence-corrected chi connectivity index (χ3v) is 5.48. The Morgan fingerprint density at radius 1 is 1.00 bits per heavy atom. The zero-order valence-electron chi connectivity index (χ0n) is 15.0. The molecule has 0 saturated carbocycles. The summed E-state index contributed by atoms with van der Waals surface area (Å²) in [6, 6.07) is 14.3. The zero-order valence-corrected chi connectivity index (χ0v) is 15.8. The fraction of sp³-hybridized carbons (Fsp3) is 0.100. The lowest BCUT2D eigenvalue weighted by atomic mass is 10.1. The first kappa shape index (κ1) is 19.5. The Hall–Kier alpha value is -3.26. The summed E-state index contributed by atoms with van der Waals surface area (Å²) < 4.78 is 40.7. The summed E-state index contributed by atoms with van der Waals surface area (Å²) in [5, 5.41) is 2.84. The predicted molar refractivity (Wildman–Crippen MR) is 104 cm³/mol. The number of anilines is 1. The summed E-state index contributed by atoms with van der Waals surface area (Å²) in [6.07, 6.45) is 3.28. The van der Waals surface area contributed by atoms with Gasteiger partial charge in [0, 0.05) is 18.0 Å². The first-order chi connectivity index (χ1) is 13.4. The number of nitrogens with one attached hydrogen (secondary N) is 2. The lowest BCUT2D eigenvalue weighted by Gasteiger charge is -2.14. The standard InChI is InChI=1S/C20H18FN3O3S/c1-14(15-10-12-22-13-11-15)23-20(25)16-6-8-17(9-7-16)28(26,27)24-19-5-3-2-4-18(19)21/h2-14,24H,1H3,(H,23,25)/t14-/m1/s1. The minimum atomic E-state index is -3.97. The molecular weight excluding hydrogens is 381 g/mol. The van der Waals surface area contributed by atoms with E-state index < -0.39 is 15.8 Å². The molecule has 6 nitrogen and oxygen atoms in total. The Kier molecular flexibility index (Phi) is 5.70. The minimum absolute atomic E-state index is 0.0746. The molecule has 1 aromatic heterocycles. The second-order valence-corrected chi connectivity index (χ2v) is 7.77. The van der Waals surface area contributed by atoms with Crippen LogP contribution in [0.15, 0.2) is 78.0 Å². The average molecular weight is 399 g/mol. The second-order valence-electron chi connectivity index (χ2n) is 6.09. The van der Waals surface area contributed by atoms with Crippen molar-refractivity contribution in [2.75, 3.05) is 4.72 Å². The Balaban J connectivity index is 1.72. The van der Waals surface area contributed by atoms with Crippen molar-refractivity contribution < 1.29 is 17.6 Å². The number of rotatable bonds is 6. The van der Waals surface area contributed by atoms with Gasteiger partial charge in [-0.25, -0.2) is 12.8 Å². The van der Waals surface area contributed by atoms with Crippen LogP contribution in [0.5, 0.6) is 0 Å². The van der Waals surface area contributed by atoms with Crippen molar-refractivity contribution in [2.24, 2.45) is 0 Å². The number of pyridine rings is 1. The highest BCUT2D eigenvalue weighted by molar-refractivity contribution is 7.92. The Labute approximate surface area is 162 Å². The lowest BCUT2D eigenvalue weighted by molar-refractivity contribution is 0.0939. The Morgan fingerprint density at radius 2 is 1.64 bits per heavy atom. The van der Waals surface area contributed by atoms with Gasteiger partial charge in [-0.3, -0.25) is 14.5 Å². The molecule has 2 N–H and O–H groups in total. The van der Waals surface area contributed by atoms with Gasteiger partial charge in [0.05, 0.1) is 16.6 Å². The monoisotopic (exact) mass is 399 g/mol. The summed E-state index contributed by atoms with van der Waals surface area (Å²) in [6.45, 7) is 1.84. The third kappa shape index (κ3) is 4.52. The maximum Gasteiger partial charge on any atom is 0.261 e. The van der Waals surface area contributed by atoms with Crippen LogP contribution in [0.25, 0.3) is 0 Å². The quantitative estimate of drug-likeness (QED) is 0.664. The number of para-hydroxylation sites is 1. The number of nitrogens with zero attached hydrogens (tertiary/aromatic N) is 1. The molecule has 0 radical (unpaired) electrons. The summed E-state index contributed by atoms with van der Waals surface area (Å²) in [5.41, 5.74) is 1.07. The van der Waals surface area contributed by atoms with E-state index in [1.807, 2.05) is 6.92 Å². The van der Waals surface area contributed by atoms with Gasteiger partial charge in [-0.15, -0.1) is 0 Å². The van der Waals surface area contributed by atoms with E-state index in [0.29, 0.717) is 5.56 Å². The van der Waals surface area contributed by atoms with Crippen molar-refractivity contribution in [3.05, 3.63) is 90.0 Å². The van der Waals surface area contributed by atoms with Gasteiger partial charge in [-0.05, 0) is 61.0 Å². The average Bonchev–Trinajstić information content (AvgIpc) is 2.70. The number of sulfonamides is 1. The molecule has 0 bridgehead atoms. The molecule has 144 valence electrons. The van der Waals surface area contributed by atoms with Crippen LogP contribution in [0.3, 0.4) is 0 Å². The molecule has 2 aromatic carbocycles. The molecule has 0 aliphatic carbocycles. The van der Waals surface area contributed by atoms with Gasteiger partial charge in [0.1, 0.15) is 5.82 Å². The predicted octanol–water partition coefficient (Wildman–Crippen LogP) is 3.51. The van der Waals surface area contributed by atoms with E-state index in [2.05, 4.69) is 15.0 Å². The zero-order chi connectivity index (χ0) is 20.1. The van der Waals surface area contributed by atoms with Gasteiger partial charge < -0.3 is 5.32 Å². The van der Waals surface area contributed by atoms with Gasteiger partial charge in [-0.2, -0.15) is 0 Å². The molecule has 3 aromatic rings. The van der Waals surface area contributed by atoms with Crippen molar-refractivity contribution in [3.63, 3.8) is 0 Å². The minimum Gasteiger partial charge on any atom is -0.346 e. The van der Waals surface area contributed by atoms with Crippen molar-refractivity contribution in [1.82, 2.24) is 10.3 Å². The molecule has 1 heterocycles. The fourth-order valence-corrected chi connectivity index (χ4v) is 3.62. The van der Waals surface area contributed by atoms with E-state index in [0.717, 1.165) is 11.6 Å². The van der Waals surface area contributed by atoms with Crippen LogP contribution in [0.1, 0.15) is 28.9 Å². The van der Waals surface area contributed by atoms with E-state index in [1.54, 1.807) is 24.5 Å². The van der Waals surface area contributed by atoms with Crippen molar-refractivity contribution in [2.45, 2.75) is 17.9 Å². The highest BCUT2D eigenvalue weighted by Gasteiger charge is 2.17. The Bertz CT molecular complexity index is 1070. The molecule has 3 rings (SSSR count). The van der Waals surface area contributed by atoms with E-state index in [9.17, 15) is 17.6 Å². The number of hydrogen-bond acceptors (Lipinski definition) is 4. The maximum atomic E-state index is 13.7. The van der Waals surface area contributed by atoms with E-state index >= 15 is 0 Å². The summed E-state index contributed by atoms with van der Waals surface area (Å²) in [4.78, 5) is 16.2. The Morgan fingerprint density at radius 3 is 2.29 bits per heavy atom. The molecule has 1 amide bonds. The SMILES string of the molecule is C[C@@H](NC(=O)c1ccc(S(=O)(=O)Nc2ccccc2F)cc1)c1ccncc1. The molecule has 0 saturated heterocycles. The fourth-order valence-electron chi connectivity index (χ4n) is 2.55. The van der Waals surface area contributed by atoms with Crippen LogP contribution in [-0.2, 0) is 10.0 Å². The second kappa shape index (κ2) is 8.18. The third-order valence-electron chi connectivity index (χ3n) is 4.10.